The Labute approximate surface area is 151 Å². The number of aromatic nitrogens is 2. The van der Waals surface area contributed by atoms with E-state index in [0.29, 0.717) is 18.9 Å². The van der Waals surface area contributed by atoms with Gasteiger partial charge in [0.15, 0.2) is 11.8 Å². The summed E-state index contributed by atoms with van der Waals surface area (Å²) in [6.45, 7) is 8.31. The third-order valence-corrected chi connectivity index (χ3v) is 4.52. The summed E-state index contributed by atoms with van der Waals surface area (Å²) in [5.74, 6) is 2.50. The third kappa shape index (κ3) is 5.49. The van der Waals surface area contributed by atoms with Gasteiger partial charge < -0.3 is 14.7 Å². The van der Waals surface area contributed by atoms with Gasteiger partial charge in [-0.1, -0.05) is 30.6 Å². The van der Waals surface area contributed by atoms with Crippen LogP contribution in [-0.2, 0) is 13.0 Å². The molecule has 0 aliphatic heterocycles. The molecule has 2 rings (SSSR count). The van der Waals surface area contributed by atoms with Crippen LogP contribution in [0.1, 0.15) is 43.3 Å². The second-order valence-corrected chi connectivity index (χ2v) is 7.55. The summed E-state index contributed by atoms with van der Waals surface area (Å²) in [5, 5.41) is 7.27. The number of hydrogen-bond acceptors (Lipinski definition) is 5. The predicted octanol–water partition coefficient (Wildman–Crippen LogP) is 3.55. The van der Waals surface area contributed by atoms with Crippen molar-refractivity contribution in [3.63, 3.8) is 0 Å². The first kappa shape index (κ1) is 18.7. The van der Waals surface area contributed by atoms with Crippen LogP contribution >= 0.6 is 22.9 Å². The molecule has 24 heavy (non-hydrogen) atoms. The van der Waals surface area contributed by atoms with Crippen LogP contribution < -0.4 is 5.32 Å². The molecule has 0 radical (unpaired) electrons. The monoisotopic (exact) mass is 369 g/mol. The number of hydrogen-bond donors (Lipinski definition) is 1. The molecule has 0 amide bonds. The minimum absolute atomic E-state index is 0.270. The number of aliphatic imine (C=N–C) groups is 1. The molecule has 2 aromatic heterocycles. The van der Waals surface area contributed by atoms with E-state index in [0.717, 1.165) is 29.2 Å². The summed E-state index contributed by atoms with van der Waals surface area (Å²) in [5.41, 5.74) is 0. The SMILES string of the molecule is CCNC(=NCCc1nc(C(C)C)no1)N(C)Cc1ccc(Cl)s1. The van der Waals surface area contributed by atoms with E-state index in [1.807, 2.05) is 33.0 Å². The fourth-order valence-corrected chi connectivity index (χ4v) is 3.22. The van der Waals surface area contributed by atoms with E-state index < -0.39 is 0 Å². The fraction of sp³-hybridized carbons (Fsp3) is 0.562. The lowest BCUT2D eigenvalue weighted by Crippen LogP contribution is -2.38. The van der Waals surface area contributed by atoms with Crippen molar-refractivity contribution >= 4 is 28.9 Å². The first-order chi connectivity index (χ1) is 11.5. The normalized spacial score (nSPS) is 12.0. The maximum atomic E-state index is 5.99. The Bertz CT molecular complexity index is 667. The summed E-state index contributed by atoms with van der Waals surface area (Å²) in [7, 11) is 2.01. The quantitative estimate of drug-likeness (QED) is 0.597. The second kappa shape index (κ2) is 9.03. The van der Waals surface area contributed by atoms with Gasteiger partial charge in [-0.05, 0) is 19.1 Å². The van der Waals surface area contributed by atoms with Gasteiger partial charge in [0, 0.05) is 30.8 Å². The number of nitrogens with one attached hydrogen (secondary N) is 1. The summed E-state index contributed by atoms with van der Waals surface area (Å²) in [6, 6.07) is 3.96. The fourth-order valence-electron chi connectivity index (χ4n) is 2.08. The lowest BCUT2D eigenvalue weighted by Gasteiger charge is -2.21. The van der Waals surface area contributed by atoms with Gasteiger partial charge in [-0.25, -0.2) is 0 Å². The number of thiophene rings is 1. The van der Waals surface area contributed by atoms with Crippen LogP contribution in [0, 0.1) is 0 Å². The van der Waals surface area contributed by atoms with Gasteiger partial charge in [0.05, 0.1) is 17.4 Å². The van der Waals surface area contributed by atoms with Crippen LogP contribution in [-0.4, -0.2) is 41.1 Å². The zero-order valence-corrected chi connectivity index (χ0v) is 16.1. The van der Waals surface area contributed by atoms with E-state index in [2.05, 4.69) is 32.3 Å². The standard InChI is InChI=1S/C16H24ClN5OS/c1-5-18-16(22(4)10-12-6-7-13(17)24-12)19-9-8-14-20-15(11(2)3)21-23-14/h6-7,11H,5,8-10H2,1-4H3,(H,18,19). The van der Waals surface area contributed by atoms with Gasteiger partial charge in [-0.3, -0.25) is 4.99 Å². The van der Waals surface area contributed by atoms with Crippen molar-refractivity contribution in [3.8, 4) is 0 Å². The molecular weight excluding hydrogens is 346 g/mol. The maximum Gasteiger partial charge on any atom is 0.228 e. The number of halogens is 1. The third-order valence-electron chi connectivity index (χ3n) is 3.31. The smallest absolute Gasteiger partial charge is 0.228 e. The molecular formula is C16H24ClN5OS. The molecule has 132 valence electrons. The van der Waals surface area contributed by atoms with Crippen LogP contribution in [0.2, 0.25) is 4.34 Å². The Hall–Kier alpha value is -1.60. The Kier molecular flexibility index (Phi) is 7.05. The lowest BCUT2D eigenvalue weighted by molar-refractivity contribution is 0.372. The molecule has 0 saturated heterocycles. The Morgan fingerprint density at radius 1 is 1.46 bits per heavy atom. The molecule has 0 saturated carbocycles. The van der Waals surface area contributed by atoms with Crippen molar-refractivity contribution in [2.45, 2.75) is 39.7 Å². The molecule has 8 heteroatoms. The molecule has 0 atom stereocenters. The van der Waals surface area contributed by atoms with Crippen LogP contribution in [0.25, 0.3) is 0 Å². The maximum absolute atomic E-state index is 5.99. The Balaban J connectivity index is 1.93. The first-order valence-corrected chi connectivity index (χ1v) is 9.25. The van der Waals surface area contributed by atoms with Crippen molar-refractivity contribution in [2.75, 3.05) is 20.1 Å². The van der Waals surface area contributed by atoms with E-state index in [1.165, 1.54) is 4.88 Å². The molecule has 0 fully saturated rings. The molecule has 0 unspecified atom stereocenters. The number of nitrogens with zero attached hydrogens (tertiary/aromatic N) is 4. The molecule has 2 aromatic rings. The highest BCUT2D eigenvalue weighted by Crippen LogP contribution is 2.22. The van der Waals surface area contributed by atoms with Gasteiger partial charge in [0.2, 0.25) is 5.89 Å². The van der Waals surface area contributed by atoms with Crippen LogP contribution in [0.4, 0.5) is 0 Å². The van der Waals surface area contributed by atoms with Crippen LogP contribution in [0.5, 0.6) is 0 Å². The summed E-state index contributed by atoms with van der Waals surface area (Å²) in [6.07, 6.45) is 0.632. The predicted molar refractivity (Wildman–Crippen MR) is 98.9 cm³/mol. The van der Waals surface area contributed by atoms with Crippen LogP contribution in [0.3, 0.4) is 0 Å². The summed E-state index contributed by atoms with van der Waals surface area (Å²) < 4.78 is 6.05. The van der Waals surface area contributed by atoms with E-state index in [4.69, 9.17) is 16.1 Å². The molecule has 0 aliphatic rings. The summed E-state index contributed by atoms with van der Waals surface area (Å²) in [4.78, 5) is 12.3. The topological polar surface area (TPSA) is 66.5 Å². The van der Waals surface area contributed by atoms with Crippen molar-refractivity contribution in [2.24, 2.45) is 4.99 Å². The molecule has 0 aromatic carbocycles. The Morgan fingerprint density at radius 3 is 2.83 bits per heavy atom. The Morgan fingerprint density at radius 2 is 2.25 bits per heavy atom. The minimum atomic E-state index is 0.270. The number of rotatable bonds is 7. The van der Waals surface area contributed by atoms with E-state index in [-0.39, 0.29) is 5.92 Å². The van der Waals surface area contributed by atoms with Crippen molar-refractivity contribution < 1.29 is 4.52 Å². The average molecular weight is 370 g/mol. The largest absolute Gasteiger partial charge is 0.357 e. The summed E-state index contributed by atoms with van der Waals surface area (Å²) >= 11 is 7.58. The lowest BCUT2D eigenvalue weighted by atomic mass is 10.2. The molecule has 6 nitrogen and oxygen atoms in total. The van der Waals surface area contributed by atoms with Crippen molar-refractivity contribution in [1.82, 2.24) is 20.4 Å². The average Bonchev–Trinajstić information content (AvgIpc) is 3.15. The minimum Gasteiger partial charge on any atom is -0.357 e. The highest BCUT2D eigenvalue weighted by atomic mass is 35.5. The van der Waals surface area contributed by atoms with Crippen molar-refractivity contribution in [3.05, 3.63) is 33.1 Å². The van der Waals surface area contributed by atoms with Gasteiger partial charge in [0.1, 0.15) is 0 Å². The zero-order chi connectivity index (χ0) is 17.5. The second-order valence-electron chi connectivity index (χ2n) is 5.75. The highest BCUT2D eigenvalue weighted by molar-refractivity contribution is 7.16. The van der Waals surface area contributed by atoms with E-state index in [9.17, 15) is 0 Å². The molecule has 0 bridgehead atoms. The van der Waals surface area contributed by atoms with Gasteiger partial charge in [-0.2, -0.15) is 4.98 Å². The van der Waals surface area contributed by atoms with E-state index >= 15 is 0 Å². The highest BCUT2D eigenvalue weighted by Gasteiger charge is 2.11. The van der Waals surface area contributed by atoms with Gasteiger partial charge >= 0.3 is 0 Å². The van der Waals surface area contributed by atoms with Gasteiger partial charge in [-0.15, -0.1) is 11.3 Å². The van der Waals surface area contributed by atoms with Crippen LogP contribution in [0.15, 0.2) is 21.6 Å². The molecule has 1 N–H and O–H groups in total. The number of guanidine groups is 1. The zero-order valence-electron chi connectivity index (χ0n) is 14.5. The molecule has 2 heterocycles. The molecule has 0 spiro atoms. The van der Waals surface area contributed by atoms with Gasteiger partial charge in [0.25, 0.3) is 0 Å². The first-order valence-electron chi connectivity index (χ1n) is 8.05. The van der Waals surface area contributed by atoms with E-state index in [1.54, 1.807) is 11.3 Å². The molecule has 0 aliphatic carbocycles. The van der Waals surface area contributed by atoms with Crippen molar-refractivity contribution in [1.29, 1.82) is 0 Å².